The number of fused-ring (bicyclic) bond motifs is 1. The lowest BCUT2D eigenvalue weighted by Crippen LogP contribution is -2.41. The summed E-state index contributed by atoms with van der Waals surface area (Å²) in [7, 11) is -1.15. The zero-order valence-corrected chi connectivity index (χ0v) is 17.4. The Hall–Kier alpha value is -2.57. The van der Waals surface area contributed by atoms with Crippen LogP contribution in [0, 0.1) is 6.92 Å². The van der Waals surface area contributed by atoms with Crippen LogP contribution in [0.4, 0.5) is 10.1 Å². The van der Waals surface area contributed by atoms with Crippen molar-refractivity contribution in [1.29, 1.82) is 0 Å². The largest absolute Gasteiger partial charge is 0.526 e. The van der Waals surface area contributed by atoms with Gasteiger partial charge in [0.25, 0.3) is 0 Å². The van der Waals surface area contributed by atoms with E-state index in [2.05, 4.69) is 0 Å². The fraction of sp³-hybridized carbons (Fsp3) is 0.304. The molecule has 0 aliphatic carbocycles. The first-order valence-corrected chi connectivity index (χ1v) is 9.70. The van der Waals surface area contributed by atoms with E-state index in [1.54, 1.807) is 0 Å². The number of anilines is 1. The number of nitrogen functional groups attached to an aromatic ring is 1. The van der Waals surface area contributed by atoms with Gasteiger partial charge in [-0.25, -0.2) is 4.39 Å². The van der Waals surface area contributed by atoms with Crippen LogP contribution in [0.15, 0.2) is 58.7 Å². The van der Waals surface area contributed by atoms with Crippen molar-refractivity contribution in [2.75, 3.05) is 5.73 Å². The molecule has 0 amide bonds. The van der Waals surface area contributed by atoms with E-state index in [-0.39, 0.29) is 11.3 Å². The molecular formula is C23H25BFNO3. The Morgan fingerprint density at radius 3 is 2.10 bits per heavy atom. The number of hydrogen-bond donors (Lipinski definition) is 1. The van der Waals surface area contributed by atoms with Crippen LogP contribution >= 0.6 is 0 Å². The van der Waals surface area contributed by atoms with Crippen molar-refractivity contribution in [3.63, 3.8) is 0 Å². The standard InChI is InChI=1S/C23H25BFNO3/c1-14-10-12-15(13-11-14)18(20-19(26)16-8-6-7-9-17(16)27-20)21(25)24-28-22(2,3)23(4,5)29-24/h6-13H,26H2,1-5H3. The molecule has 150 valence electrons. The highest BCUT2D eigenvalue weighted by atomic mass is 19.1. The second-order valence-corrected chi connectivity index (χ2v) is 8.52. The summed E-state index contributed by atoms with van der Waals surface area (Å²) in [6, 6.07) is 14.9. The summed E-state index contributed by atoms with van der Waals surface area (Å²) < 4.78 is 33.8. The molecule has 1 aliphatic heterocycles. The minimum absolute atomic E-state index is 0.247. The maximum atomic E-state index is 16.0. The van der Waals surface area contributed by atoms with E-state index in [9.17, 15) is 0 Å². The van der Waals surface area contributed by atoms with E-state index in [1.165, 1.54) is 0 Å². The van der Waals surface area contributed by atoms with Gasteiger partial charge in [0.2, 0.25) is 0 Å². The summed E-state index contributed by atoms with van der Waals surface area (Å²) in [5.74, 6) is 0.280. The molecule has 1 aliphatic rings. The Kier molecular flexibility index (Phi) is 4.59. The maximum Gasteiger partial charge on any atom is 0.526 e. The number of nitrogens with two attached hydrogens (primary N) is 1. The van der Waals surface area contributed by atoms with Crippen molar-refractivity contribution in [2.24, 2.45) is 0 Å². The molecule has 1 fully saturated rings. The van der Waals surface area contributed by atoms with Crippen LogP contribution < -0.4 is 5.73 Å². The Balaban J connectivity index is 1.92. The first-order valence-electron chi connectivity index (χ1n) is 9.70. The predicted molar refractivity (Wildman–Crippen MR) is 115 cm³/mol. The molecule has 1 saturated heterocycles. The number of furan rings is 1. The van der Waals surface area contributed by atoms with Gasteiger partial charge >= 0.3 is 7.12 Å². The topological polar surface area (TPSA) is 57.6 Å². The molecule has 4 nitrogen and oxygen atoms in total. The lowest BCUT2D eigenvalue weighted by Gasteiger charge is -2.32. The van der Waals surface area contributed by atoms with Crippen LogP contribution in [0.5, 0.6) is 0 Å². The van der Waals surface area contributed by atoms with Crippen LogP contribution in [0.1, 0.15) is 44.6 Å². The van der Waals surface area contributed by atoms with E-state index in [0.29, 0.717) is 16.8 Å². The van der Waals surface area contributed by atoms with E-state index in [1.807, 2.05) is 83.1 Å². The van der Waals surface area contributed by atoms with Gasteiger partial charge in [-0.05, 0) is 52.3 Å². The van der Waals surface area contributed by atoms with Gasteiger partial charge in [0, 0.05) is 5.39 Å². The molecule has 0 atom stereocenters. The minimum Gasteiger partial charge on any atom is -0.454 e. The van der Waals surface area contributed by atoms with Gasteiger partial charge in [-0.3, -0.25) is 0 Å². The first-order chi connectivity index (χ1) is 13.6. The van der Waals surface area contributed by atoms with Gasteiger partial charge < -0.3 is 19.5 Å². The summed E-state index contributed by atoms with van der Waals surface area (Å²) in [4.78, 5) is 0. The molecule has 29 heavy (non-hydrogen) atoms. The van der Waals surface area contributed by atoms with Crippen LogP contribution in [-0.2, 0) is 9.31 Å². The number of rotatable bonds is 3. The molecule has 2 heterocycles. The molecule has 2 aromatic carbocycles. The van der Waals surface area contributed by atoms with E-state index >= 15 is 4.39 Å². The number of halogens is 1. The van der Waals surface area contributed by atoms with Crippen molar-refractivity contribution in [2.45, 2.75) is 45.8 Å². The van der Waals surface area contributed by atoms with Crippen molar-refractivity contribution in [3.05, 3.63) is 71.1 Å². The van der Waals surface area contributed by atoms with E-state index in [4.69, 9.17) is 19.5 Å². The monoisotopic (exact) mass is 393 g/mol. The number of benzene rings is 2. The Labute approximate surface area is 170 Å². The van der Waals surface area contributed by atoms with E-state index < -0.39 is 24.0 Å². The van der Waals surface area contributed by atoms with Crippen LogP contribution in [0.2, 0.25) is 0 Å². The summed E-state index contributed by atoms with van der Waals surface area (Å²) >= 11 is 0. The zero-order valence-electron chi connectivity index (χ0n) is 17.4. The van der Waals surface area contributed by atoms with Gasteiger partial charge in [0.15, 0.2) is 5.76 Å². The first kappa shape index (κ1) is 19.7. The lowest BCUT2D eigenvalue weighted by molar-refractivity contribution is 0.00578. The molecule has 3 aromatic rings. The highest BCUT2D eigenvalue weighted by molar-refractivity contribution is 6.55. The summed E-state index contributed by atoms with van der Waals surface area (Å²) in [6.45, 7) is 9.54. The third-order valence-corrected chi connectivity index (χ3v) is 5.90. The SMILES string of the molecule is Cc1ccc(C(=C(F)B2OC(C)(C)C(C)(C)O2)c2oc3ccccc3c2N)cc1. The molecular weight excluding hydrogens is 368 g/mol. The average molecular weight is 393 g/mol. The van der Waals surface area contributed by atoms with Crippen molar-refractivity contribution in [3.8, 4) is 0 Å². The second-order valence-electron chi connectivity index (χ2n) is 8.52. The normalized spacial score (nSPS) is 18.9. The van der Waals surface area contributed by atoms with Crippen LogP contribution in [0.3, 0.4) is 0 Å². The number of aryl methyl sites for hydroxylation is 1. The molecule has 0 saturated carbocycles. The Bertz CT molecular complexity index is 1080. The second kappa shape index (κ2) is 6.75. The summed E-state index contributed by atoms with van der Waals surface area (Å²) in [5.41, 5.74) is 7.46. The number of para-hydroxylation sites is 1. The minimum atomic E-state index is -1.15. The highest BCUT2D eigenvalue weighted by Crippen LogP contribution is 2.43. The smallest absolute Gasteiger partial charge is 0.454 e. The fourth-order valence-corrected chi connectivity index (χ4v) is 3.41. The molecule has 0 radical (unpaired) electrons. The van der Waals surface area contributed by atoms with Gasteiger partial charge in [-0.1, -0.05) is 42.0 Å². The number of hydrogen-bond acceptors (Lipinski definition) is 4. The van der Waals surface area contributed by atoms with Crippen molar-refractivity contribution in [1.82, 2.24) is 0 Å². The molecule has 0 spiro atoms. The molecule has 4 rings (SSSR count). The van der Waals surface area contributed by atoms with Crippen LogP contribution in [-0.4, -0.2) is 18.3 Å². The van der Waals surface area contributed by atoms with Crippen molar-refractivity contribution >= 4 is 29.3 Å². The fourth-order valence-electron chi connectivity index (χ4n) is 3.41. The zero-order chi connectivity index (χ0) is 21.0. The Morgan fingerprint density at radius 1 is 0.931 bits per heavy atom. The maximum absolute atomic E-state index is 16.0. The summed E-state index contributed by atoms with van der Waals surface area (Å²) in [6.07, 6.45) is 0. The van der Waals surface area contributed by atoms with Gasteiger partial charge in [-0.2, -0.15) is 0 Å². The van der Waals surface area contributed by atoms with Crippen LogP contribution in [0.25, 0.3) is 16.5 Å². The molecule has 1 aromatic heterocycles. The van der Waals surface area contributed by atoms with Gasteiger partial charge in [0.05, 0.1) is 22.5 Å². The lowest BCUT2D eigenvalue weighted by atomic mass is 9.81. The quantitative estimate of drug-likeness (QED) is 0.582. The molecule has 6 heteroatoms. The van der Waals surface area contributed by atoms with Crippen molar-refractivity contribution < 1.29 is 18.1 Å². The molecule has 2 N–H and O–H groups in total. The molecule has 0 unspecified atom stereocenters. The van der Waals surface area contributed by atoms with E-state index in [0.717, 1.165) is 10.9 Å². The highest BCUT2D eigenvalue weighted by Gasteiger charge is 2.54. The average Bonchev–Trinajstić information content (AvgIpc) is 3.10. The molecule has 0 bridgehead atoms. The third kappa shape index (κ3) is 3.26. The Morgan fingerprint density at radius 2 is 1.52 bits per heavy atom. The van der Waals surface area contributed by atoms with Gasteiger partial charge in [-0.15, -0.1) is 0 Å². The van der Waals surface area contributed by atoms with Gasteiger partial charge in [0.1, 0.15) is 11.3 Å². The third-order valence-electron chi connectivity index (χ3n) is 5.90. The summed E-state index contributed by atoms with van der Waals surface area (Å²) in [5, 5.41) is 0.744. The predicted octanol–water partition coefficient (Wildman–Crippen LogP) is 5.68.